The van der Waals surface area contributed by atoms with E-state index in [0.717, 1.165) is 43.4 Å². The van der Waals surface area contributed by atoms with Crippen LogP contribution in [0.3, 0.4) is 0 Å². The smallest absolute Gasteiger partial charge is 0.242 e. The molecule has 178 valence electrons. The van der Waals surface area contributed by atoms with E-state index in [9.17, 15) is 9.59 Å². The van der Waals surface area contributed by atoms with Gasteiger partial charge in [0, 0.05) is 23.9 Å². The molecule has 2 amide bonds. The standard InChI is InChI=1S/C27H36N2O3S/c1-19(2)16-28(27(31)21-9-5-6-10-21)17-26(30)29-14-12-25-22(13-15-33-25)23(29)18-32-24-11-7-4-8-20(24)3/h4,7-8,11,13,15,19,21,23H,5-6,9-10,12,14,16-18H2,1-3H3. The summed E-state index contributed by atoms with van der Waals surface area (Å²) in [6, 6.07) is 9.98. The zero-order valence-electron chi connectivity index (χ0n) is 20.1. The van der Waals surface area contributed by atoms with Crippen LogP contribution in [0.2, 0.25) is 0 Å². The fourth-order valence-corrected chi connectivity index (χ4v) is 6.05. The first-order chi connectivity index (χ1) is 15.9. The van der Waals surface area contributed by atoms with Crippen LogP contribution in [0.5, 0.6) is 5.75 Å². The van der Waals surface area contributed by atoms with Crippen LogP contribution in [0.15, 0.2) is 35.7 Å². The second-order valence-electron chi connectivity index (χ2n) is 9.82. The maximum absolute atomic E-state index is 13.6. The van der Waals surface area contributed by atoms with Crippen molar-refractivity contribution in [2.24, 2.45) is 11.8 Å². The maximum atomic E-state index is 13.6. The Labute approximate surface area is 201 Å². The Morgan fingerprint density at radius 1 is 1.18 bits per heavy atom. The average molecular weight is 469 g/mol. The Hall–Kier alpha value is -2.34. The molecular weight excluding hydrogens is 432 g/mol. The Morgan fingerprint density at radius 3 is 2.67 bits per heavy atom. The summed E-state index contributed by atoms with van der Waals surface area (Å²) in [5.41, 5.74) is 2.27. The molecule has 1 aromatic heterocycles. The van der Waals surface area contributed by atoms with Crippen molar-refractivity contribution in [3.8, 4) is 5.75 Å². The number of nitrogens with zero attached hydrogens (tertiary/aromatic N) is 2. The molecule has 4 rings (SSSR count). The second-order valence-corrected chi connectivity index (χ2v) is 10.8. The zero-order valence-corrected chi connectivity index (χ0v) is 20.9. The first-order valence-electron chi connectivity index (χ1n) is 12.3. The molecule has 33 heavy (non-hydrogen) atoms. The van der Waals surface area contributed by atoms with Gasteiger partial charge in [-0.25, -0.2) is 0 Å². The fraction of sp³-hybridized carbons (Fsp3) is 0.556. The van der Waals surface area contributed by atoms with Gasteiger partial charge in [0.05, 0.1) is 12.6 Å². The molecule has 0 radical (unpaired) electrons. The van der Waals surface area contributed by atoms with E-state index < -0.39 is 0 Å². The van der Waals surface area contributed by atoms with E-state index in [1.165, 1.54) is 10.4 Å². The number of thiophene rings is 1. The van der Waals surface area contributed by atoms with Crippen molar-refractivity contribution in [1.82, 2.24) is 9.80 Å². The van der Waals surface area contributed by atoms with E-state index in [1.54, 1.807) is 11.3 Å². The summed E-state index contributed by atoms with van der Waals surface area (Å²) in [7, 11) is 0. The van der Waals surface area contributed by atoms with Gasteiger partial charge in [0.1, 0.15) is 12.4 Å². The number of carbonyl (C=O) groups is 2. The van der Waals surface area contributed by atoms with Crippen LogP contribution in [-0.4, -0.2) is 47.9 Å². The van der Waals surface area contributed by atoms with Crippen LogP contribution < -0.4 is 4.74 Å². The molecule has 2 heterocycles. The molecule has 2 aliphatic rings. The number of ether oxygens (including phenoxy) is 1. The molecule has 1 aromatic carbocycles. The molecule has 0 N–H and O–H groups in total. The molecule has 6 heteroatoms. The summed E-state index contributed by atoms with van der Waals surface area (Å²) < 4.78 is 6.21. The van der Waals surface area contributed by atoms with E-state index >= 15 is 0 Å². The zero-order chi connectivity index (χ0) is 23.4. The van der Waals surface area contributed by atoms with Crippen molar-refractivity contribution >= 4 is 23.2 Å². The number of amides is 2. The topological polar surface area (TPSA) is 49.9 Å². The van der Waals surface area contributed by atoms with Crippen molar-refractivity contribution in [3.63, 3.8) is 0 Å². The summed E-state index contributed by atoms with van der Waals surface area (Å²) in [5, 5.41) is 2.11. The van der Waals surface area contributed by atoms with Crippen molar-refractivity contribution in [1.29, 1.82) is 0 Å². The minimum absolute atomic E-state index is 0.0252. The summed E-state index contributed by atoms with van der Waals surface area (Å²) >= 11 is 1.75. The minimum Gasteiger partial charge on any atom is -0.491 e. The van der Waals surface area contributed by atoms with Gasteiger partial charge in [-0.1, -0.05) is 44.9 Å². The van der Waals surface area contributed by atoms with Crippen molar-refractivity contribution in [2.75, 3.05) is 26.2 Å². The third kappa shape index (κ3) is 5.60. The van der Waals surface area contributed by atoms with Gasteiger partial charge in [-0.3, -0.25) is 9.59 Å². The quantitative estimate of drug-likeness (QED) is 0.533. The monoisotopic (exact) mass is 468 g/mol. The number of hydrogen-bond acceptors (Lipinski definition) is 4. The third-order valence-corrected chi connectivity index (χ3v) is 7.83. The average Bonchev–Trinajstić information content (AvgIpc) is 3.49. The van der Waals surface area contributed by atoms with E-state index in [0.29, 0.717) is 25.6 Å². The first-order valence-corrected chi connectivity index (χ1v) is 13.1. The van der Waals surface area contributed by atoms with Crippen LogP contribution in [0, 0.1) is 18.8 Å². The summed E-state index contributed by atoms with van der Waals surface area (Å²) in [6.07, 6.45) is 5.00. The predicted molar refractivity (Wildman–Crippen MR) is 133 cm³/mol. The molecule has 1 aliphatic carbocycles. The highest BCUT2D eigenvalue weighted by atomic mass is 32.1. The van der Waals surface area contributed by atoms with E-state index in [1.807, 2.05) is 41.0 Å². The Balaban J connectivity index is 1.51. The van der Waals surface area contributed by atoms with Crippen LogP contribution in [0.25, 0.3) is 0 Å². The number of para-hydroxylation sites is 1. The number of carbonyl (C=O) groups excluding carboxylic acids is 2. The lowest BCUT2D eigenvalue weighted by Crippen LogP contribution is -2.49. The molecule has 0 spiro atoms. The van der Waals surface area contributed by atoms with Gasteiger partial charge in [0.15, 0.2) is 0 Å². The normalized spacial score (nSPS) is 18.4. The molecule has 5 nitrogen and oxygen atoms in total. The van der Waals surface area contributed by atoms with Gasteiger partial charge in [-0.15, -0.1) is 11.3 Å². The van der Waals surface area contributed by atoms with Gasteiger partial charge >= 0.3 is 0 Å². The Morgan fingerprint density at radius 2 is 1.94 bits per heavy atom. The Bertz CT molecular complexity index is 964. The van der Waals surface area contributed by atoms with Crippen LogP contribution in [0.4, 0.5) is 0 Å². The molecule has 2 aromatic rings. The fourth-order valence-electron chi connectivity index (χ4n) is 5.12. The summed E-state index contributed by atoms with van der Waals surface area (Å²) in [4.78, 5) is 31.9. The molecule has 1 fully saturated rings. The molecule has 0 bridgehead atoms. The maximum Gasteiger partial charge on any atom is 0.242 e. The van der Waals surface area contributed by atoms with Crippen LogP contribution in [0.1, 0.15) is 61.6 Å². The second kappa shape index (κ2) is 10.7. The highest BCUT2D eigenvalue weighted by Crippen LogP contribution is 2.34. The van der Waals surface area contributed by atoms with Gasteiger partial charge in [-0.2, -0.15) is 0 Å². The number of rotatable bonds is 8. The third-order valence-electron chi connectivity index (χ3n) is 6.83. The van der Waals surface area contributed by atoms with Gasteiger partial charge in [0.25, 0.3) is 0 Å². The van der Waals surface area contributed by atoms with Crippen molar-refractivity contribution in [3.05, 3.63) is 51.7 Å². The number of fused-ring (bicyclic) bond motifs is 1. The molecule has 1 atom stereocenters. The first kappa shape index (κ1) is 23.8. The lowest BCUT2D eigenvalue weighted by atomic mass is 10.00. The van der Waals surface area contributed by atoms with Gasteiger partial charge < -0.3 is 14.5 Å². The van der Waals surface area contributed by atoms with E-state index in [-0.39, 0.29) is 30.3 Å². The number of benzene rings is 1. The minimum atomic E-state index is -0.130. The Kier molecular flexibility index (Phi) is 7.74. The van der Waals surface area contributed by atoms with Crippen molar-refractivity contribution < 1.29 is 14.3 Å². The van der Waals surface area contributed by atoms with Gasteiger partial charge in [0.2, 0.25) is 11.8 Å². The summed E-state index contributed by atoms with van der Waals surface area (Å²) in [5.74, 6) is 1.45. The highest BCUT2D eigenvalue weighted by molar-refractivity contribution is 7.10. The largest absolute Gasteiger partial charge is 0.491 e. The lowest BCUT2D eigenvalue weighted by Gasteiger charge is -2.37. The SMILES string of the molecule is Cc1ccccc1OCC1c2ccsc2CCN1C(=O)CN(CC(C)C)C(=O)C1CCCC1. The van der Waals surface area contributed by atoms with Gasteiger partial charge in [-0.05, 0) is 60.7 Å². The molecule has 1 aliphatic heterocycles. The molecule has 0 saturated heterocycles. The van der Waals surface area contributed by atoms with Crippen molar-refractivity contribution in [2.45, 2.75) is 58.9 Å². The molecule has 1 saturated carbocycles. The number of aryl methyl sites for hydroxylation is 1. The van der Waals surface area contributed by atoms with E-state index in [4.69, 9.17) is 4.74 Å². The van der Waals surface area contributed by atoms with Crippen LogP contribution >= 0.6 is 11.3 Å². The van der Waals surface area contributed by atoms with E-state index in [2.05, 4.69) is 25.3 Å². The highest BCUT2D eigenvalue weighted by Gasteiger charge is 2.35. The lowest BCUT2D eigenvalue weighted by molar-refractivity contribution is -0.145. The molecular formula is C27H36N2O3S. The van der Waals surface area contributed by atoms with Crippen LogP contribution in [-0.2, 0) is 16.0 Å². The summed E-state index contributed by atoms with van der Waals surface area (Å²) in [6.45, 7) is 8.13. The predicted octanol–water partition coefficient (Wildman–Crippen LogP) is 5.24. The number of hydrogen-bond donors (Lipinski definition) is 0. The molecule has 1 unspecified atom stereocenters.